The number of benzene rings is 2. The molecular weight excluding hydrogens is 374 g/mol. The maximum Gasteiger partial charge on any atom is 0.416 e. The monoisotopic (exact) mass is 387 g/mol. The summed E-state index contributed by atoms with van der Waals surface area (Å²) in [6.45, 7) is 0. The molecule has 0 radical (unpaired) electrons. The van der Waals surface area contributed by atoms with Gasteiger partial charge in [-0.25, -0.2) is 4.39 Å². The Balaban J connectivity index is 2.11. The molecule has 1 N–H and O–H groups in total. The Morgan fingerprint density at radius 1 is 1.08 bits per heavy atom. The normalized spacial score (nSPS) is 13.9. The number of fused-ring (bicyclic) bond motifs is 1. The lowest BCUT2D eigenvalue weighted by molar-refractivity contribution is -0.137. The molecule has 4 nitrogen and oxygen atoms in total. The first-order chi connectivity index (χ1) is 12.0. The summed E-state index contributed by atoms with van der Waals surface area (Å²) in [5.74, 6) is -0.485. The van der Waals surface area contributed by atoms with Crippen LogP contribution in [0.1, 0.15) is 22.8 Å². The van der Waals surface area contributed by atoms with Gasteiger partial charge in [0.1, 0.15) is 11.9 Å². The molecule has 0 saturated carbocycles. The Labute approximate surface area is 146 Å². The molecule has 9 heteroatoms. The van der Waals surface area contributed by atoms with E-state index in [4.69, 9.17) is 4.18 Å². The minimum absolute atomic E-state index is 0.216. The smallest absolute Gasteiger partial charge is 0.361 e. The van der Waals surface area contributed by atoms with Crippen LogP contribution in [0.3, 0.4) is 0 Å². The number of nitrogens with one attached hydrogen (secondary N) is 1. The molecular formula is C17H13F4NO3S. The minimum Gasteiger partial charge on any atom is -0.361 e. The highest BCUT2D eigenvalue weighted by atomic mass is 32.2. The topological polar surface area (TPSA) is 59.2 Å². The van der Waals surface area contributed by atoms with Gasteiger partial charge < -0.3 is 4.98 Å². The molecule has 2 aromatic carbocycles. The van der Waals surface area contributed by atoms with E-state index in [9.17, 15) is 26.0 Å². The molecule has 26 heavy (non-hydrogen) atoms. The fourth-order valence-corrected chi connectivity index (χ4v) is 3.21. The zero-order valence-electron chi connectivity index (χ0n) is 13.3. The SMILES string of the molecule is CS(=O)(=O)OC(c1ccc(C(F)(F)F)cc1)c1c[nH]c2cc(F)ccc12. The molecule has 138 valence electrons. The van der Waals surface area contributed by atoms with Crippen LogP contribution in [0.25, 0.3) is 10.9 Å². The van der Waals surface area contributed by atoms with E-state index in [1.165, 1.54) is 24.4 Å². The van der Waals surface area contributed by atoms with Crippen molar-refractivity contribution < 1.29 is 30.2 Å². The predicted octanol–water partition coefficient (Wildman–Crippen LogP) is 4.39. The van der Waals surface area contributed by atoms with Gasteiger partial charge >= 0.3 is 6.18 Å². The Bertz CT molecular complexity index is 1040. The summed E-state index contributed by atoms with van der Waals surface area (Å²) in [5, 5.41) is 0.500. The Morgan fingerprint density at radius 3 is 2.31 bits per heavy atom. The number of hydrogen-bond acceptors (Lipinski definition) is 3. The lowest BCUT2D eigenvalue weighted by Gasteiger charge is -2.17. The van der Waals surface area contributed by atoms with Crippen LogP contribution in [0.15, 0.2) is 48.7 Å². The Hall–Kier alpha value is -2.39. The molecule has 0 aliphatic heterocycles. The van der Waals surface area contributed by atoms with Crippen molar-refractivity contribution in [3.63, 3.8) is 0 Å². The average Bonchev–Trinajstić information content (AvgIpc) is 2.94. The average molecular weight is 387 g/mol. The van der Waals surface area contributed by atoms with Crippen LogP contribution < -0.4 is 0 Å². The lowest BCUT2D eigenvalue weighted by atomic mass is 10.00. The molecule has 0 aliphatic carbocycles. The van der Waals surface area contributed by atoms with Gasteiger partial charge in [-0.3, -0.25) is 4.18 Å². The van der Waals surface area contributed by atoms with Gasteiger partial charge in [-0.15, -0.1) is 0 Å². The summed E-state index contributed by atoms with van der Waals surface area (Å²) in [5.41, 5.74) is 0.133. The molecule has 1 unspecified atom stereocenters. The molecule has 0 spiro atoms. The van der Waals surface area contributed by atoms with Gasteiger partial charge in [0.05, 0.1) is 11.8 Å². The number of alkyl halides is 3. The summed E-state index contributed by atoms with van der Waals surface area (Å²) >= 11 is 0. The zero-order chi connectivity index (χ0) is 19.1. The van der Waals surface area contributed by atoms with Crippen molar-refractivity contribution in [2.75, 3.05) is 6.26 Å². The molecule has 1 heterocycles. The predicted molar refractivity (Wildman–Crippen MR) is 87.5 cm³/mol. The van der Waals surface area contributed by atoms with E-state index in [1.54, 1.807) is 0 Å². The zero-order valence-corrected chi connectivity index (χ0v) is 14.2. The first kappa shape index (κ1) is 18.4. The molecule has 0 saturated heterocycles. The maximum absolute atomic E-state index is 13.3. The summed E-state index contributed by atoms with van der Waals surface area (Å²) in [7, 11) is -3.92. The third kappa shape index (κ3) is 3.88. The van der Waals surface area contributed by atoms with Crippen molar-refractivity contribution in [3.05, 3.63) is 71.2 Å². The number of halogens is 4. The van der Waals surface area contributed by atoms with Gasteiger partial charge in [0, 0.05) is 22.7 Å². The second-order valence-corrected chi connectivity index (χ2v) is 7.33. The highest BCUT2D eigenvalue weighted by Gasteiger charge is 2.31. The number of H-pyrrole nitrogens is 1. The molecule has 0 aliphatic rings. The van der Waals surface area contributed by atoms with Gasteiger partial charge in [-0.1, -0.05) is 12.1 Å². The van der Waals surface area contributed by atoms with Crippen LogP contribution in [-0.4, -0.2) is 19.7 Å². The largest absolute Gasteiger partial charge is 0.416 e. The van der Waals surface area contributed by atoms with E-state index >= 15 is 0 Å². The van der Waals surface area contributed by atoms with Crippen molar-refractivity contribution in [1.82, 2.24) is 4.98 Å². The summed E-state index contributed by atoms with van der Waals surface area (Å²) < 4.78 is 80.0. The first-order valence-electron chi connectivity index (χ1n) is 7.36. The fourth-order valence-electron chi connectivity index (χ4n) is 2.65. The Morgan fingerprint density at radius 2 is 1.73 bits per heavy atom. The van der Waals surface area contributed by atoms with E-state index < -0.39 is 33.8 Å². The van der Waals surface area contributed by atoms with Crippen LogP contribution in [0.4, 0.5) is 17.6 Å². The van der Waals surface area contributed by atoms with Crippen molar-refractivity contribution in [2.45, 2.75) is 12.3 Å². The van der Waals surface area contributed by atoms with Crippen LogP contribution in [-0.2, 0) is 20.5 Å². The standard InChI is InChI=1S/C17H13F4NO3S/c1-26(23,24)25-16(10-2-4-11(5-3-10)17(19,20)21)14-9-22-15-8-12(18)6-7-13(14)15/h2-9,16,22H,1H3. The molecule has 1 aromatic heterocycles. The van der Waals surface area contributed by atoms with Gasteiger partial charge in [0.15, 0.2) is 0 Å². The minimum atomic E-state index is -4.51. The summed E-state index contributed by atoms with van der Waals surface area (Å²) in [6, 6.07) is 7.87. The molecule has 3 aromatic rings. The number of aromatic nitrogens is 1. The van der Waals surface area contributed by atoms with Crippen molar-refractivity contribution in [2.24, 2.45) is 0 Å². The fraction of sp³-hybridized carbons (Fsp3) is 0.176. The Kier molecular flexibility index (Phi) is 4.53. The maximum atomic E-state index is 13.3. The van der Waals surface area contributed by atoms with Gasteiger partial charge in [-0.2, -0.15) is 21.6 Å². The van der Waals surface area contributed by atoms with E-state index in [2.05, 4.69) is 4.98 Å². The lowest BCUT2D eigenvalue weighted by Crippen LogP contribution is -2.12. The number of hydrogen-bond donors (Lipinski definition) is 1. The van der Waals surface area contributed by atoms with Crippen LogP contribution >= 0.6 is 0 Å². The third-order valence-corrected chi connectivity index (χ3v) is 4.31. The molecule has 0 bridgehead atoms. The van der Waals surface area contributed by atoms with E-state index in [-0.39, 0.29) is 5.56 Å². The van der Waals surface area contributed by atoms with Gasteiger partial charge in [0.2, 0.25) is 0 Å². The van der Waals surface area contributed by atoms with Crippen LogP contribution in [0.2, 0.25) is 0 Å². The quantitative estimate of drug-likeness (QED) is 0.534. The highest BCUT2D eigenvalue weighted by molar-refractivity contribution is 7.86. The van der Waals surface area contributed by atoms with Crippen molar-refractivity contribution in [1.29, 1.82) is 0 Å². The number of aromatic amines is 1. The highest BCUT2D eigenvalue weighted by Crippen LogP contribution is 2.35. The summed E-state index contributed by atoms with van der Waals surface area (Å²) in [4.78, 5) is 2.81. The van der Waals surface area contributed by atoms with E-state index in [1.807, 2.05) is 0 Å². The van der Waals surface area contributed by atoms with Gasteiger partial charge in [0.25, 0.3) is 10.1 Å². The molecule has 0 fully saturated rings. The van der Waals surface area contributed by atoms with E-state index in [0.29, 0.717) is 16.5 Å². The second kappa shape index (κ2) is 6.40. The van der Waals surface area contributed by atoms with Gasteiger partial charge in [-0.05, 0) is 35.9 Å². The van der Waals surface area contributed by atoms with Crippen molar-refractivity contribution in [3.8, 4) is 0 Å². The first-order valence-corrected chi connectivity index (χ1v) is 9.18. The number of rotatable bonds is 4. The second-order valence-electron chi connectivity index (χ2n) is 5.73. The summed E-state index contributed by atoms with van der Waals surface area (Å²) in [6.07, 6.45) is -3.40. The molecule has 0 amide bonds. The van der Waals surface area contributed by atoms with Crippen molar-refractivity contribution >= 4 is 21.0 Å². The van der Waals surface area contributed by atoms with E-state index in [0.717, 1.165) is 30.5 Å². The van der Waals surface area contributed by atoms with Crippen LogP contribution in [0, 0.1) is 5.82 Å². The molecule has 3 rings (SSSR count). The van der Waals surface area contributed by atoms with Crippen LogP contribution in [0.5, 0.6) is 0 Å². The third-order valence-electron chi connectivity index (χ3n) is 3.77. The molecule has 1 atom stereocenters.